The highest BCUT2D eigenvalue weighted by molar-refractivity contribution is 9.10. The average molecular weight is 606 g/mol. The summed E-state index contributed by atoms with van der Waals surface area (Å²) in [6.45, 7) is 5.63. The summed E-state index contributed by atoms with van der Waals surface area (Å²) >= 11 is 3.56. The van der Waals surface area contributed by atoms with Crippen molar-refractivity contribution in [1.29, 1.82) is 0 Å². The van der Waals surface area contributed by atoms with Gasteiger partial charge >= 0.3 is 6.01 Å². The Morgan fingerprint density at radius 1 is 1.26 bits per heavy atom. The highest BCUT2D eigenvalue weighted by atomic mass is 79.9. The zero-order chi connectivity index (χ0) is 26.9. The second kappa shape index (κ2) is 9.78. The summed E-state index contributed by atoms with van der Waals surface area (Å²) in [4.78, 5) is 14.3. The van der Waals surface area contributed by atoms with Crippen LogP contribution in [0.1, 0.15) is 60.6 Å². The number of anilines is 2. The Morgan fingerprint density at radius 2 is 2.05 bits per heavy atom. The molecule has 4 saturated heterocycles. The van der Waals surface area contributed by atoms with Crippen LogP contribution in [0.3, 0.4) is 0 Å². The van der Waals surface area contributed by atoms with Gasteiger partial charge in [-0.1, -0.05) is 15.9 Å². The largest absolute Gasteiger partial charge is 0.461 e. The van der Waals surface area contributed by atoms with E-state index in [9.17, 15) is 4.39 Å². The highest BCUT2D eigenvalue weighted by Crippen LogP contribution is 2.43. The van der Waals surface area contributed by atoms with Crippen LogP contribution in [0.4, 0.5) is 20.3 Å². The number of aryl methyl sites for hydroxylation is 1. The first kappa shape index (κ1) is 25.9. The molecule has 11 heteroatoms. The molecule has 210 valence electrons. The number of nitrogens with two attached hydrogens (primary N) is 1. The maximum absolute atomic E-state index is 15.3. The Labute approximate surface area is 235 Å². The fraction of sp³-hybridized carbons (Fsp3) is 0.643. The molecule has 8 nitrogen and oxygen atoms in total. The number of halogens is 3. The number of hydrogen-bond acceptors (Lipinski definition) is 8. The number of aromatic nitrogens is 2. The first-order valence-corrected chi connectivity index (χ1v) is 14.9. The molecule has 0 spiro atoms. The van der Waals surface area contributed by atoms with E-state index in [-0.39, 0.29) is 17.8 Å². The number of rotatable bonds is 5. The molecule has 0 saturated carbocycles. The van der Waals surface area contributed by atoms with Crippen molar-refractivity contribution in [2.45, 2.75) is 82.0 Å². The smallest absolute Gasteiger partial charge is 0.318 e. The van der Waals surface area contributed by atoms with Crippen molar-refractivity contribution in [1.82, 2.24) is 20.2 Å². The molecule has 2 unspecified atom stereocenters. The van der Waals surface area contributed by atoms with Crippen LogP contribution in [0.25, 0.3) is 0 Å². The Bertz CT molecular complexity index is 1260. The minimum atomic E-state index is -0.821. The zero-order valence-electron chi connectivity index (χ0n) is 22.2. The third kappa shape index (κ3) is 4.49. The first-order chi connectivity index (χ1) is 18.8. The average Bonchev–Trinajstić information content (AvgIpc) is 3.56. The van der Waals surface area contributed by atoms with Crippen molar-refractivity contribution in [2.75, 3.05) is 43.4 Å². The van der Waals surface area contributed by atoms with E-state index in [2.05, 4.69) is 31.0 Å². The van der Waals surface area contributed by atoms with Gasteiger partial charge in [0, 0.05) is 60.2 Å². The lowest BCUT2D eigenvalue weighted by molar-refractivity contribution is 0.0227. The Hall–Kier alpha value is -2.08. The second-order valence-corrected chi connectivity index (χ2v) is 12.8. The van der Waals surface area contributed by atoms with E-state index < -0.39 is 18.1 Å². The van der Waals surface area contributed by atoms with E-state index in [1.165, 1.54) is 0 Å². The molecule has 5 aliphatic rings. The van der Waals surface area contributed by atoms with Gasteiger partial charge in [0.2, 0.25) is 0 Å². The molecule has 2 bridgehead atoms. The number of piperazine rings is 1. The molecule has 5 aliphatic heterocycles. The molecular formula is C28H35BrF2N6O2. The van der Waals surface area contributed by atoms with Crippen LogP contribution >= 0.6 is 15.9 Å². The van der Waals surface area contributed by atoms with Crippen molar-refractivity contribution in [3.63, 3.8) is 0 Å². The van der Waals surface area contributed by atoms with Crippen LogP contribution < -0.4 is 20.7 Å². The standard InChI is InChI=1S/C28H35BrF2N6O2/c1-15-7-20(32)25(31)23(24(15)29)22-8-21-19(13-38-22)26(36-11-17-3-4-18(12-36)33-17)35-27(34-21)39-14-28-5-2-6-37(28)10-16(30)9-28/h7,16-18,22,33H,2-6,8-14,32H2,1H3/t16-,17?,18?,22-,28+/m1/s1. The zero-order valence-corrected chi connectivity index (χ0v) is 23.8. The number of nitrogens with one attached hydrogen (secondary N) is 1. The van der Waals surface area contributed by atoms with E-state index in [0.717, 1.165) is 68.0 Å². The molecule has 0 radical (unpaired) electrons. The third-order valence-corrected chi connectivity index (χ3v) is 10.4. The van der Waals surface area contributed by atoms with E-state index in [0.29, 0.717) is 54.1 Å². The predicted octanol–water partition coefficient (Wildman–Crippen LogP) is 3.98. The molecule has 1 aromatic carbocycles. The summed E-state index contributed by atoms with van der Waals surface area (Å²) in [5, 5.41) is 3.68. The third-order valence-electron chi connectivity index (χ3n) is 9.37. The van der Waals surface area contributed by atoms with Gasteiger partial charge in [0.1, 0.15) is 18.6 Å². The van der Waals surface area contributed by atoms with Gasteiger partial charge in [0.25, 0.3) is 0 Å². The van der Waals surface area contributed by atoms with Gasteiger partial charge in [-0.15, -0.1) is 0 Å². The Balaban J connectivity index is 1.23. The molecule has 39 heavy (non-hydrogen) atoms. The lowest BCUT2D eigenvalue weighted by Crippen LogP contribution is -2.52. The molecule has 2 aromatic rings. The van der Waals surface area contributed by atoms with Gasteiger partial charge in [-0.3, -0.25) is 4.90 Å². The number of nitrogen functional groups attached to an aromatic ring is 1. The van der Waals surface area contributed by atoms with Crippen molar-refractivity contribution in [3.05, 3.63) is 38.7 Å². The van der Waals surface area contributed by atoms with Gasteiger partial charge in [-0.2, -0.15) is 9.97 Å². The van der Waals surface area contributed by atoms with Gasteiger partial charge in [0.15, 0.2) is 5.82 Å². The SMILES string of the molecule is Cc1cc(N)c(F)c([C@H]2Cc3nc(OC[C@@]45CCCN4C[C@H](F)C5)nc(N4CC5CCC(C4)N5)c3CO2)c1Br. The van der Waals surface area contributed by atoms with Crippen LogP contribution in [0, 0.1) is 12.7 Å². The summed E-state index contributed by atoms with van der Waals surface area (Å²) in [7, 11) is 0. The Morgan fingerprint density at radius 3 is 2.85 bits per heavy atom. The predicted molar refractivity (Wildman–Crippen MR) is 147 cm³/mol. The fourth-order valence-corrected chi connectivity index (χ4v) is 8.01. The monoisotopic (exact) mass is 604 g/mol. The maximum Gasteiger partial charge on any atom is 0.318 e. The van der Waals surface area contributed by atoms with Gasteiger partial charge in [-0.05, 0) is 50.8 Å². The lowest BCUT2D eigenvalue weighted by atomic mass is 9.95. The minimum absolute atomic E-state index is 0.104. The first-order valence-electron chi connectivity index (χ1n) is 14.1. The molecule has 5 atom stereocenters. The highest BCUT2D eigenvalue weighted by Gasteiger charge is 2.49. The summed E-state index contributed by atoms with van der Waals surface area (Å²) in [6, 6.07) is 2.80. The topological polar surface area (TPSA) is 88.8 Å². The molecule has 4 fully saturated rings. The van der Waals surface area contributed by atoms with Crippen molar-refractivity contribution < 1.29 is 18.3 Å². The molecule has 6 heterocycles. The molecule has 1 aromatic heterocycles. The molecule has 3 N–H and O–H groups in total. The van der Waals surface area contributed by atoms with E-state index in [1.807, 2.05) is 6.92 Å². The van der Waals surface area contributed by atoms with Gasteiger partial charge in [-0.25, -0.2) is 8.78 Å². The van der Waals surface area contributed by atoms with Crippen LogP contribution in [0.2, 0.25) is 0 Å². The van der Waals surface area contributed by atoms with Gasteiger partial charge < -0.3 is 25.4 Å². The number of hydrogen-bond donors (Lipinski definition) is 2. The fourth-order valence-electron chi connectivity index (χ4n) is 7.47. The number of fused-ring (bicyclic) bond motifs is 4. The van der Waals surface area contributed by atoms with Gasteiger partial charge in [0.05, 0.1) is 29.6 Å². The second-order valence-electron chi connectivity index (χ2n) is 12.0. The molecular weight excluding hydrogens is 570 g/mol. The van der Waals surface area contributed by atoms with Crippen LogP contribution in [-0.4, -0.2) is 71.4 Å². The van der Waals surface area contributed by atoms with E-state index >= 15 is 4.39 Å². The minimum Gasteiger partial charge on any atom is -0.461 e. The number of benzene rings is 1. The normalized spacial score (nSPS) is 31.9. The lowest BCUT2D eigenvalue weighted by Gasteiger charge is -2.37. The summed E-state index contributed by atoms with van der Waals surface area (Å²) < 4.78 is 42.9. The summed E-state index contributed by atoms with van der Waals surface area (Å²) in [5.41, 5.74) is 8.80. The number of ether oxygens (including phenoxy) is 2. The van der Waals surface area contributed by atoms with Crippen molar-refractivity contribution in [3.8, 4) is 6.01 Å². The van der Waals surface area contributed by atoms with Crippen LogP contribution in [-0.2, 0) is 17.8 Å². The molecule has 0 amide bonds. The van der Waals surface area contributed by atoms with Crippen LogP contribution in [0.5, 0.6) is 6.01 Å². The quantitative estimate of drug-likeness (QED) is 0.496. The molecule has 0 aliphatic carbocycles. The summed E-state index contributed by atoms with van der Waals surface area (Å²) in [6.07, 6.45) is 3.78. The molecule has 7 rings (SSSR count). The Kier molecular flexibility index (Phi) is 6.49. The van der Waals surface area contributed by atoms with Crippen LogP contribution in [0.15, 0.2) is 10.5 Å². The number of nitrogens with zero attached hydrogens (tertiary/aromatic N) is 4. The van der Waals surface area contributed by atoms with Crippen molar-refractivity contribution >= 4 is 27.4 Å². The van der Waals surface area contributed by atoms with E-state index in [4.69, 9.17) is 25.2 Å². The number of alkyl halides is 1. The van der Waals surface area contributed by atoms with E-state index in [1.54, 1.807) is 6.07 Å². The maximum atomic E-state index is 15.3. The van der Waals surface area contributed by atoms with Crippen molar-refractivity contribution in [2.24, 2.45) is 0 Å². The summed E-state index contributed by atoms with van der Waals surface area (Å²) in [5.74, 6) is 0.374.